The molecule has 0 fully saturated rings. The van der Waals surface area contributed by atoms with Gasteiger partial charge in [-0.2, -0.15) is 4.99 Å². The standard InChI is InChI=1S/C10H10N2O2S/c13-8-14-5-3-10-6-9(12-7-15)2-1-4-11-10/h1-2,4,6,8,11H,3,5H2. The van der Waals surface area contributed by atoms with E-state index in [0.717, 1.165) is 5.70 Å². The van der Waals surface area contributed by atoms with Crippen molar-refractivity contribution in [2.24, 2.45) is 4.99 Å². The van der Waals surface area contributed by atoms with Gasteiger partial charge in [0.05, 0.1) is 17.5 Å². The molecule has 0 atom stereocenters. The van der Waals surface area contributed by atoms with Crippen molar-refractivity contribution in [1.29, 1.82) is 0 Å². The molecular formula is C10H10N2O2S. The number of hydrogen-bond acceptors (Lipinski definition) is 5. The summed E-state index contributed by atoms with van der Waals surface area (Å²) in [7, 11) is 0. The zero-order chi connectivity index (χ0) is 10.9. The molecule has 0 saturated heterocycles. The molecule has 0 aromatic rings. The first-order chi connectivity index (χ1) is 7.36. The minimum absolute atomic E-state index is 0.338. The summed E-state index contributed by atoms with van der Waals surface area (Å²) in [5.41, 5.74) is 1.62. The lowest BCUT2D eigenvalue weighted by Crippen LogP contribution is -2.07. The van der Waals surface area contributed by atoms with Crippen molar-refractivity contribution >= 4 is 23.9 Å². The number of nitrogens with one attached hydrogen (secondary N) is 1. The smallest absolute Gasteiger partial charge is 0.293 e. The summed E-state index contributed by atoms with van der Waals surface area (Å²) in [5.74, 6) is 0. The van der Waals surface area contributed by atoms with Crippen LogP contribution in [0.1, 0.15) is 6.42 Å². The Hall–Kier alpha value is -1.71. The maximum atomic E-state index is 9.95. The van der Waals surface area contributed by atoms with Gasteiger partial charge >= 0.3 is 0 Å². The minimum Gasteiger partial charge on any atom is -0.467 e. The third-order valence-electron chi connectivity index (χ3n) is 1.69. The highest BCUT2D eigenvalue weighted by Gasteiger charge is 1.99. The zero-order valence-corrected chi connectivity index (χ0v) is 8.79. The van der Waals surface area contributed by atoms with Crippen LogP contribution in [0.5, 0.6) is 0 Å². The van der Waals surface area contributed by atoms with Gasteiger partial charge in [-0.1, -0.05) is 0 Å². The molecule has 0 spiro atoms. The van der Waals surface area contributed by atoms with Gasteiger partial charge in [0.1, 0.15) is 0 Å². The Bertz CT molecular complexity index is 366. The molecule has 78 valence electrons. The van der Waals surface area contributed by atoms with Crippen LogP contribution in [0, 0.1) is 0 Å². The fourth-order valence-electron chi connectivity index (χ4n) is 1.05. The second-order valence-corrected chi connectivity index (χ2v) is 2.87. The van der Waals surface area contributed by atoms with Gasteiger partial charge in [-0.3, -0.25) is 4.79 Å². The van der Waals surface area contributed by atoms with Crippen LogP contribution in [-0.4, -0.2) is 18.2 Å². The lowest BCUT2D eigenvalue weighted by molar-refractivity contribution is -0.128. The summed E-state index contributed by atoms with van der Waals surface area (Å²) in [6.07, 6.45) is 7.83. The van der Waals surface area contributed by atoms with Gasteiger partial charge in [0.25, 0.3) is 6.47 Å². The van der Waals surface area contributed by atoms with E-state index < -0.39 is 0 Å². The Morgan fingerprint density at radius 2 is 2.53 bits per heavy atom. The molecule has 15 heavy (non-hydrogen) atoms. The minimum atomic E-state index is 0.338. The number of ether oxygens (including phenoxy) is 1. The summed E-state index contributed by atoms with van der Waals surface area (Å²) in [5, 5.41) is 5.34. The quantitative estimate of drug-likeness (QED) is 0.332. The molecule has 5 heteroatoms. The molecule has 1 rings (SSSR count). The number of allylic oxidation sites excluding steroid dienone is 3. The van der Waals surface area contributed by atoms with Gasteiger partial charge in [0.15, 0.2) is 0 Å². The number of nitrogens with zero attached hydrogens (tertiary/aromatic N) is 1. The third kappa shape index (κ3) is 4.35. The highest BCUT2D eigenvalue weighted by Crippen LogP contribution is 2.08. The van der Waals surface area contributed by atoms with Crippen LogP contribution in [0.15, 0.2) is 40.8 Å². The highest BCUT2D eigenvalue weighted by atomic mass is 32.1. The van der Waals surface area contributed by atoms with E-state index in [9.17, 15) is 4.79 Å². The van der Waals surface area contributed by atoms with E-state index in [-0.39, 0.29) is 0 Å². The molecule has 4 nitrogen and oxygen atoms in total. The molecule has 1 aliphatic heterocycles. The topological polar surface area (TPSA) is 50.7 Å². The largest absolute Gasteiger partial charge is 0.467 e. The molecule has 0 amide bonds. The Morgan fingerprint density at radius 3 is 3.27 bits per heavy atom. The normalized spacial score (nSPS) is 13.9. The van der Waals surface area contributed by atoms with Gasteiger partial charge < -0.3 is 10.1 Å². The molecule has 1 N–H and O–H groups in total. The summed E-state index contributed by atoms with van der Waals surface area (Å²) in [4.78, 5) is 13.8. The second-order valence-electron chi connectivity index (χ2n) is 2.68. The number of carbonyl (C=O) groups excluding carboxylic acids is 1. The van der Waals surface area contributed by atoms with E-state index in [1.165, 1.54) is 0 Å². The van der Waals surface area contributed by atoms with Crippen molar-refractivity contribution in [3.05, 3.63) is 35.8 Å². The summed E-state index contributed by atoms with van der Waals surface area (Å²) in [6.45, 7) is 0.768. The monoisotopic (exact) mass is 222 g/mol. The van der Waals surface area contributed by atoms with Crippen LogP contribution >= 0.6 is 12.2 Å². The van der Waals surface area contributed by atoms with Crippen molar-refractivity contribution in [2.75, 3.05) is 6.61 Å². The van der Waals surface area contributed by atoms with E-state index in [0.29, 0.717) is 25.2 Å². The summed E-state index contributed by atoms with van der Waals surface area (Å²) >= 11 is 4.52. The van der Waals surface area contributed by atoms with Gasteiger partial charge in [-0.15, -0.1) is 0 Å². The number of aliphatic imine (C=N–C) groups is 1. The van der Waals surface area contributed by atoms with Gasteiger partial charge in [0, 0.05) is 18.3 Å². The van der Waals surface area contributed by atoms with E-state index >= 15 is 0 Å². The van der Waals surface area contributed by atoms with Crippen LogP contribution in [0.2, 0.25) is 0 Å². The van der Waals surface area contributed by atoms with E-state index in [1.54, 1.807) is 12.3 Å². The average Bonchev–Trinajstić information content (AvgIpc) is 2.45. The molecule has 0 aromatic carbocycles. The van der Waals surface area contributed by atoms with E-state index in [2.05, 4.69) is 32.4 Å². The second kappa shape index (κ2) is 6.70. The van der Waals surface area contributed by atoms with Crippen LogP contribution < -0.4 is 5.32 Å². The molecule has 1 heterocycles. The number of isothiocyanates is 1. The molecule has 0 radical (unpaired) electrons. The highest BCUT2D eigenvalue weighted by molar-refractivity contribution is 7.78. The molecule has 0 saturated carbocycles. The molecule has 1 aliphatic rings. The fraction of sp³-hybridized carbons (Fsp3) is 0.200. The summed E-state index contributed by atoms with van der Waals surface area (Å²) in [6, 6.07) is 0. The van der Waals surface area contributed by atoms with Crippen molar-refractivity contribution in [3.63, 3.8) is 0 Å². The van der Waals surface area contributed by atoms with Crippen molar-refractivity contribution in [2.45, 2.75) is 6.42 Å². The molecule has 0 bridgehead atoms. The number of thiocarbonyl (C=S) groups is 1. The maximum Gasteiger partial charge on any atom is 0.293 e. The SMILES string of the molecule is O=COCCC1=CC(N=C=S)=CC=CN1. The molecule has 0 unspecified atom stereocenters. The Labute approximate surface area is 93.0 Å². The van der Waals surface area contributed by atoms with Crippen LogP contribution in [0.4, 0.5) is 0 Å². The van der Waals surface area contributed by atoms with E-state index in [1.807, 2.05) is 12.2 Å². The average molecular weight is 222 g/mol. The lowest BCUT2D eigenvalue weighted by atomic mass is 10.2. The number of carbonyl (C=O) groups is 1. The predicted octanol–water partition coefficient (Wildman–Crippen LogP) is 1.54. The van der Waals surface area contributed by atoms with E-state index in [4.69, 9.17) is 0 Å². The molecule has 0 aromatic heterocycles. The predicted molar refractivity (Wildman–Crippen MR) is 60.1 cm³/mol. The number of hydrogen-bond donors (Lipinski definition) is 1. The third-order valence-corrected chi connectivity index (χ3v) is 1.78. The maximum absolute atomic E-state index is 9.95. The molecular weight excluding hydrogens is 212 g/mol. The van der Waals surface area contributed by atoms with Gasteiger partial charge in [-0.05, 0) is 30.4 Å². The Kier molecular flexibility index (Phi) is 5.08. The summed E-state index contributed by atoms with van der Waals surface area (Å²) < 4.78 is 4.60. The van der Waals surface area contributed by atoms with Crippen molar-refractivity contribution in [1.82, 2.24) is 5.32 Å². The first kappa shape index (κ1) is 11.4. The fourth-order valence-corrected chi connectivity index (χ4v) is 1.16. The van der Waals surface area contributed by atoms with Gasteiger partial charge in [0.2, 0.25) is 0 Å². The Morgan fingerprint density at radius 1 is 1.67 bits per heavy atom. The first-order valence-corrected chi connectivity index (χ1v) is 4.74. The van der Waals surface area contributed by atoms with Gasteiger partial charge in [-0.25, -0.2) is 0 Å². The van der Waals surface area contributed by atoms with Crippen molar-refractivity contribution < 1.29 is 9.53 Å². The lowest BCUT2D eigenvalue weighted by Gasteiger charge is -2.04. The van der Waals surface area contributed by atoms with Crippen molar-refractivity contribution in [3.8, 4) is 0 Å². The van der Waals surface area contributed by atoms with Crippen LogP contribution in [0.25, 0.3) is 0 Å². The Balaban J connectivity index is 2.63. The van der Waals surface area contributed by atoms with Crippen LogP contribution in [-0.2, 0) is 9.53 Å². The first-order valence-electron chi connectivity index (χ1n) is 4.34. The number of rotatable bonds is 5. The molecule has 0 aliphatic carbocycles. The van der Waals surface area contributed by atoms with Crippen LogP contribution in [0.3, 0.4) is 0 Å². The zero-order valence-electron chi connectivity index (χ0n) is 7.97.